The molecule has 0 heterocycles. The van der Waals surface area contributed by atoms with Gasteiger partial charge < -0.3 is 20.5 Å². The van der Waals surface area contributed by atoms with Crippen LogP contribution in [0.3, 0.4) is 0 Å². The summed E-state index contributed by atoms with van der Waals surface area (Å²) < 4.78 is 23.2. The summed E-state index contributed by atoms with van der Waals surface area (Å²) in [6, 6.07) is 13.2. The van der Waals surface area contributed by atoms with Crippen molar-refractivity contribution < 1.29 is 18.7 Å². The number of alkyl halides is 1. The average Bonchev–Trinajstić information content (AvgIpc) is 2.62. The molecule has 0 aromatic heterocycles. The van der Waals surface area contributed by atoms with Crippen LogP contribution in [0, 0.1) is 0 Å². The van der Waals surface area contributed by atoms with Crippen molar-refractivity contribution in [1.29, 1.82) is 0 Å². The highest BCUT2D eigenvalue weighted by Crippen LogP contribution is 2.35. The van der Waals surface area contributed by atoms with E-state index in [2.05, 4.69) is 5.32 Å². The number of hydrogen-bond acceptors (Lipinski definition) is 5. The van der Waals surface area contributed by atoms with Gasteiger partial charge in [-0.3, -0.25) is 4.39 Å². The molecule has 0 aliphatic carbocycles. The molecule has 0 unspecified atom stereocenters. The number of carbonyl (C=O) groups excluding carboxylic acids is 1. The van der Waals surface area contributed by atoms with Crippen molar-refractivity contribution in [3.8, 4) is 5.75 Å². The quantitative estimate of drug-likeness (QED) is 0.467. The van der Waals surface area contributed by atoms with Gasteiger partial charge in [0.1, 0.15) is 11.4 Å². The second-order valence-corrected chi connectivity index (χ2v) is 8.24. The van der Waals surface area contributed by atoms with Gasteiger partial charge in [-0.1, -0.05) is 23.9 Å². The number of hydrogen-bond donors (Lipinski definition) is 2. The van der Waals surface area contributed by atoms with Gasteiger partial charge in [-0.25, -0.2) is 4.79 Å². The summed E-state index contributed by atoms with van der Waals surface area (Å²) in [7, 11) is 0. The first kappa shape index (κ1) is 21.9. The van der Waals surface area contributed by atoms with Crippen LogP contribution in [-0.4, -0.2) is 25.0 Å². The van der Waals surface area contributed by atoms with E-state index in [1.807, 2.05) is 63.2 Å². The number of benzene rings is 2. The highest BCUT2D eigenvalue weighted by atomic mass is 32.2. The zero-order valence-electron chi connectivity index (χ0n) is 16.5. The summed E-state index contributed by atoms with van der Waals surface area (Å²) in [6.45, 7) is 5.58. The molecule has 152 valence electrons. The predicted molar refractivity (Wildman–Crippen MR) is 111 cm³/mol. The second-order valence-electron chi connectivity index (χ2n) is 7.16. The Morgan fingerprint density at radius 2 is 1.93 bits per heavy atom. The van der Waals surface area contributed by atoms with Crippen LogP contribution < -0.4 is 15.8 Å². The molecule has 0 fully saturated rings. The van der Waals surface area contributed by atoms with Gasteiger partial charge in [0.15, 0.2) is 0 Å². The fraction of sp³-hybridized carbons (Fsp3) is 0.381. The van der Waals surface area contributed by atoms with Gasteiger partial charge in [-0.15, -0.1) is 0 Å². The lowest BCUT2D eigenvalue weighted by Gasteiger charge is -2.20. The monoisotopic (exact) mass is 406 g/mol. The maximum Gasteiger partial charge on any atom is 0.407 e. The van der Waals surface area contributed by atoms with Crippen molar-refractivity contribution in [2.24, 2.45) is 0 Å². The zero-order chi connectivity index (χ0) is 20.6. The van der Waals surface area contributed by atoms with Crippen LogP contribution in [0.1, 0.15) is 32.8 Å². The second kappa shape index (κ2) is 10.2. The highest BCUT2D eigenvalue weighted by Gasteiger charge is 2.17. The van der Waals surface area contributed by atoms with E-state index in [9.17, 15) is 9.18 Å². The highest BCUT2D eigenvalue weighted by molar-refractivity contribution is 7.99. The van der Waals surface area contributed by atoms with Crippen LogP contribution in [-0.2, 0) is 11.3 Å². The third-order valence-corrected chi connectivity index (χ3v) is 4.75. The minimum absolute atomic E-state index is 0.268. The first-order valence-corrected chi connectivity index (χ1v) is 9.91. The number of nitrogen functional groups attached to an aromatic ring is 1. The fourth-order valence-electron chi connectivity index (χ4n) is 2.30. The SMILES string of the molecule is CC(C)(C)OC(=O)NCc1cc(OCCCF)ccc1Sc1ccccc1N. The molecule has 5 nitrogen and oxygen atoms in total. The molecule has 0 aliphatic rings. The van der Waals surface area contributed by atoms with E-state index in [0.717, 1.165) is 15.4 Å². The summed E-state index contributed by atoms with van der Waals surface area (Å²) in [6.07, 6.45) is -0.158. The van der Waals surface area contributed by atoms with E-state index < -0.39 is 18.4 Å². The Labute approximate surface area is 169 Å². The van der Waals surface area contributed by atoms with E-state index in [1.165, 1.54) is 11.8 Å². The molecular weight excluding hydrogens is 379 g/mol. The first-order chi connectivity index (χ1) is 13.3. The molecule has 0 atom stereocenters. The summed E-state index contributed by atoms with van der Waals surface area (Å²) in [5, 5.41) is 2.77. The predicted octanol–water partition coefficient (Wildman–Crippen LogP) is 5.18. The lowest BCUT2D eigenvalue weighted by atomic mass is 10.2. The van der Waals surface area contributed by atoms with E-state index in [4.69, 9.17) is 15.2 Å². The van der Waals surface area contributed by atoms with Crippen molar-refractivity contribution in [3.63, 3.8) is 0 Å². The van der Waals surface area contributed by atoms with Crippen LogP contribution >= 0.6 is 11.8 Å². The van der Waals surface area contributed by atoms with Gasteiger partial charge >= 0.3 is 6.09 Å². The molecule has 0 saturated heterocycles. The summed E-state index contributed by atoms with van der Waals surface area (Å²) >= 11 is 1.51. The number of nitrogens with two attached hydrogens (primary N) is 1. The number of alkyl carbamates (subject to hydrolysis) is 1. The molecule has 0 bridgehead atoms. The van der Waals surface area contributed by atoms with Crippen molar-refractivity contribution in [3.05, 3.63) is 48.0 Å². The lowest BCUT2D eigenvalue weighted by Crippen LogP contribution is -2.32. The van der Waals surface area contributed by atoms with Crippen LogP contribution in [0.25, 0.3) is 0 Å². The number of para-hydroxylation sites is 1. The molecular formula is C21H27FN2O3S. The first-order valence-electron chi connectivity index (χ1n) is 9.09. The Kier molecular flexibility index (Phi) is 7.99. The van der Waals surface area contributed by atoms with Crippen LogP contribution in [0.4, 0.5) is 14.9 Å². The molecule has 0 saturated carbocycles. The Hall–Kier alpha value is -2.41. The minimum atomic E-state index is -0.572. The van der Waals surface area contributed by atoms with Crippen LogP contribution in [0.5, 0.6) is 5.75 Å². The number of amides is 1. The van der Waals surface area contributed by atoms with Gasteiger partial charge in [-0.05, 0) is 56.7 Å². The molecule has 7 heteroatoms. The third kappa shape index (κ3) is 7.31. The summed E-state index contributed by atoms with van der Waals surface area (Å²) in [4.78, 5) is 13.9. The standard InChI is InChI=1S/C21H27FN2O3S/c1-21(2,3)27-20(25)24-14-15-13-16(26-12-6-11-22)9-10-18(15)28-19-8-5-4-7-17(19)23/h4-5,7-10,13H,6,11-12,14,23H2,1-3H3,(H,24,25). The van der Waals surface area contributed by atoms with Crippen molar-refractivity contribution in [1.82, 2.24) is 5.32 Å². The number of anilines is 1. The lowest BCUT2D eigenvalue weighted by molar-refractivity contribution is 0.0523. The van der Waals surface area contributed by atoms with Crippen LogP contribution in [0.2, 0.25) is 0 Å². The number of ether oxygens (including phenoxy) is 2. The molecule has 28 heavy (non-hydrogen) atoms. The van der Waals surface area contributed by atoms with Gasteiger partial charge in [-0.2, -0.15) is 0 Å². The maximum atomic E-state index is 12.3. The maximum absolute atomic E-state index is 12.3. The molecule has 2 rings (SSSR count). The summed E-state index contributed by atoms with van der Waals surface area (Å²) in [5.74, 6) is 0.625. The smallest absolute Gasteiger partial charge is 0.407 e. The molecule has 1 amide bonds. The number of halogens is 1. The van der Waals surface area contributed by atoms with Crippen LogP contribution in [0.15, 0.2) is 52.3 Å². The van der Waals surface area contributed by atoms with Gasteiger partial charge in [0.05, 0.1) is 13.3 Å². The Balaban J connectivity index is 2.17. The average molecular weight is 407 g/mol. The van der Waals surface area contributed by atoms with Crippen molar-refractivity contribution in [2.75, 3.05) is 19.0 Å². The Bertz CT molecular complexity index is 793. The molecule has 2 aromatic rings. The van der Waals surface area contributed by atoms with Gasteiger partial charge in [0.25, 0.3) is 0 Å². The van der Waals surface area contributed by atoms with Gasteiger partial charge in [0.2, 0.25) is 0 Å². The Morgan fingerprint density at radius 1 is 1.18 bits per heavy atom. The fourth-order valence-corrected chi connectivity index (χ4v) is 3.27. The zero-order valence-corrected chi connectivity index (χ0v) is 17.3. The molecule has 0 aliphatic heterocycles. The molecule has 3 N–H and O–H groups in total. The minimum Gasteiger partial charge on any atom is -0.493 e. The van der Waals surface area contributed by atoms with E-state index in [0.29, 0.717) is 24.5 Å². The Morgan fingerprint density at radius 3 is 2.61 bits per heavy atom. The van der Waals surface area contributed by atoms with Crippen molar-refractivity contribution in [2.45, 2.75) is 49.1 Å². The van der Waals surface area contributed by atoms with E-state index in [1.54, 1.807) is 0 Å². The molecule has 2 aromatic carbocycles. The van der Waals surface area contributed by atoms with E-state index >= 15 is 0 Å². The number of carbonyl (C=O) groups is 1. The number of nitrogens with one attached hydrogen (secondary N) is 1. The van der Waals surface area contributed by atoms with Crippen molar-refractivity contribution >= 4 is 23.5 Å². The van der Waals surface area contributed by atoms with Gasteiger partial charge in [0, 0.05) is 28.4 Å². The largest absolute Gasteiger partial charge is 0.493 e. The molecule has 0 spiro atoms. The number of rotatable bonds is 8. The van der Waals surface area contributed by atoms with E-state index in [-0.39, 0.29) is 6.54 Å². The normalized spacial score (nSPS) is 11.1. The summed E-state index contributed by atoms with van der Waals surface area (Å²) in [5.41, 5.74) is 7.02. The third-order valence-electron chi connectivity index (χ3n) is 3.54. The molecule has 0 radical (unpaired) electrons. The topological polar surface area (TPSA) is 73.6 Å².